The summed E-state index contributed by atoms with van der Waals surface area (Å²) < 4.78 is 2.05. The van der Waals surface area contributed by atoms with Gasteiger partial charge in [0.1, 0.15) is 0 Å². The molecule has 0 radical (unpaired) electrons. The zero-order chi connectivity index (χ0) is 14.7. The molecule has 3 rings (SSSR count). The van der Waals surface area contributed by atoms with E-state index in [2.05, 4.69) is 53.1 Å². The first kappa shape index (κ1) is 13.8. The maximum absolute atomic E-state index is 4.71. The molecule has 1 unspecified atom stereocenters. The molecular formula is C17H20N4. The maximum Gasteiger partial charge on any atom is 0.0841 e. The van der Waals surface area contributed by atoms with E-state index in [-0.39, 0.29) is 6.04 Å². The summed E-state index contributed by atoms with van der Waals surface area (Å²) in [5, 5.41) is 9.44. The molecule has 0 spiro atoms. The molecule has 0 aliphatic rings. The van der Waals surface area contributed by atoms with Gasteiger partial charge in [-0.1, -0.05) is 24.3 Å². The summed E-state index contributed by atoms with van der Waals surface area (Å²) in [6.45, 7) is 5.87. The Labute approximate surface area is 124 Å². The topological polar surface area (TPSA) is 42.7 Å². The average molecular weight is 280 g/mol. The molecule has 0 bridgehead atoms. The van der Waals surface area contributed by atoms with Gasteiger partial charge in [-0.15, -0.1) is 0 Å². The second-order valence-corrected chi connectivity index (χ2v) is 5.14. The van der Waals surface area contributed by atoms with Crippen molar-refractivity contribution in [2.75, 3.05) is 0 Å². The summed E-state index contributed by atoms with van der Waals surface area (Å²) in [5.41, 5.74) is 3.34. The summed E-state index contributed by atoms with van der Waals surface area (Å²) >= 11 is 0. The lowest BCUT2D eigenvalue weighted by Gasteiger charge is -2.12. The number of aromatic nitrogens is 3. The van der Waals surface area contributed by atoms with Crippen molar-refractivity contribution in [3.8, 4) is 0 Å². The molecule has 1 aromatic carbocycles. The van der Waals surface area contributed by atoms with E-state index < -0.39 is 0 Å². The average Bonchev–Trinajstić information content (AvgIpc) is 2.91. The van der Waals surface area contributed by atoms with Crippen molar-refractivity contribution in [3.05, 3.63) is 60.0 Å². The molecule has 4 heteroatoms. The van der Waals surface area contributed by atoms with Crippen molar-refractivity contribution >= 4 is 10.9 Å². The van der Waals surface area contributed by atoms with Crippen LogP contribution < -0.4 is 5.32 Å². The Bertz CT molecular complexity index is 718. The van der Waals surface area contributed by atoms with Crippen LogP contribution in [0.5, 0.6) is 0 Å². The largest absolute Gasteiger partial charge is 0.303 e. The van der Waals surface area contributed by atoms with Gasteiger partial charge in [-0.05, 0) is 32.0 Å². The highest BCUT2D eigenvalue weighted by molar-refractivity contribution is 5.81. The van der Waals surface area contributed by atoms with Crippen LogP contribution in [0.25, 0.3) is 10.9 Å². The highest BCUT2D eigenvalue weighted by Crippen LogP contribution is 2.19. The summed E-state index contributed by atoms with van der Waals surface area (Å²) in [4.78, 5) is 4.39. The Morgan fingerprint density at radius 1 is 1.14 bits per heavy atom. The number of nitrogens with zero attached hydrogens (tertiary/aromatic N) is 3. The third-order valence-electron chi connectivity index (χ3n) is 3.74. The second kappa shape index (κ2) is 6.06. The van der Waals surface area contributed by atoms with Gasteiger partial charge < -0.3 is 5.32 Å². The number of aryl methyl sites for hydroxylation is 1. The Hall–Kier alpha value is -2.20. The molecule has 108 valence electrons. The third kappa shape index (κ3) is 2.81. The summed E-state index contributed by atoms with van der Waals surface area (Å²) in [6, 6.07) is 14.6. The minimum atomic E-state index is 0.205. The highest BCUT2D eigenvalue weighted by atomic mass is 15.3. The number of hydrogen-bond acceptors (Lipinski definition) is 3. The lowest BCUT2D eigenvalue weighted by Crippen LogP contribution is -2.19. The minimum absolute atomic E-state index is 0.205. The van der Waals surface area contributed by atoms with Gasteiger partial charge in [0.05, 0.1) is 16.9 Å². The first-order chi connectivity index (χ1) is 10.3. The Morgan fingerprint density at radius 2 is 1.95 bits per heavy atom. The van der Waals surface area contributed by atoms with Gasteiger partial charge in [-0.25, -0.2) is 0 Å². The fourth-order valence-electron chi connectivity index (χ4n) is 2.55. The number of hydrogen-bond donors (Lipinski definition) is 1. The number of pyridine rings is 1. The quantitative estimate of drug-likeness (QED) is 0.779. The van der Waals surface area contributed by atoms with Crippen LogP contribution in [0.4, 0.5) is 0 Å². The lowest BCUT2D eigenvalue weighted by atomic mass is 10.2. The predicted octanol–water partition coefficient (Wildman–Crippen LogP) is 3.30. The molecule has 0 fully saturated rings. The van der Waals surface area contributed by atoms with Crippen molar-refractivity contribution in [3.63, 3.8) is 0 Å². The van der Waals surface area contributed by atoms with Gasteiger partial charge in [0, 0.05) is 30.7 Å². The summed E-state index contributed by atoms with van der Waals surface area (Å²) in [6.07, 6.45) is 1.83. The van der Waals surface area contributed by atoms with Crippen LogP contribution in [0, 0.1) is 0 Å². The van der Waals surface area contributed by atoms with Crippen LogP contribution in [-0.2, 0) is 13.1 Å². The molecule has 21 heavy (non-hydrogen) atoms. The van der Waals surface area contributed by atoms with E-state index in [1.54, 1.807) is 0 Å². The van der Waals surface area contributed by atoms with Gasteiger partial charge in [-0.3, -0.25) is 9.67 Å². The van der Waals surface area contributed by atoms with Gasteiger partial charge in [0.25, 0.3) is 0 Å². The van der Waals surface area contributed by atoms with Crippen molar-refractivity contribution < 1.29 is 0 Å². The molecular weight excluding hydrogens is 260 g/mol. The van der Waals surface area contributed by atoms with E-state index in [0.717, 1.165) is 24.5 Å². The highest BCUT2D eigenvalue weighted by Gasteiger charge is 2.11. The number of nitrogens with one attached hydrogen (secondary N) is 1. The monoisotopic (exact) mass is 280 g/mol. The first-order valence-electron chi connectivity index (χ1n) is 7.38. The van der Waals surface area contributed by atoms with E-state index in [0.29, 0.717) is 0 Å². The van der Waals surface area contributed by atoms with Crippen LogP contribution in [0.3, 0.4) is 0 Å². The Morgan fingerprint density at radius 3 is 2.71 bits per heavy atom. The van der Waals surface area contributed by atoms with Crippen LogP contribution in [0.15, 0.2) is 48.7 Å². The summed E-state index contributed by atoms with van der Waals surface area (Å²) in [5.74, 6) is 0. The predicted molar refractivity (Wildman–Crippen MR) is 84.9 cm³/mol. The fraction of sp³-hybridized carbons (Fsp3) is 0.294. The van der Waals surface area contributed by atoms with Crippen molar-refractivity contribution in [2.45, 2.75) is 33.0 Å². The Kier molecular flexibility index (Phi) is 3.97. The molecule has 1 atom stereocenters. The molecule has 0 aliphatic carbocycles. The van der Waals surface area contributed by atoms with Crippen LogP contribution >= 0.6 is 0 Å². The molecule has 2 heterocycles. The SMILES string of the molecule is CCn1nc(CNC(C)c2ccccn2)c2ccccc21. The smallest absolute Gasteiger partial charge is 0.0841 e. The number of rotatable bonds is 5. The van der Waals surface area contributed by atoms with E-state index in [4.69, 9.17) is 5.10 Å². The molecule has 0 amide bonds. The zero-order valence-corrected chi connectivity index (χ0v) is 12.5. The van der Waals surface area contributed by atoms with Gasteiger partial charge >= 0.3 is 0 Å². The normalized spacial score (nSPS) is 12.7. The molecule has 0 saturated carbocycles. The maximum atomic E-state index is 4.71. The molecule has 0 aliphatic heterocycles. The van der Waals surface area contributed by atoms with E-state index in [1.807, 2.05) is 24.4 Å². The molecule has 1 N–H and O–H groups in total. The van der Waals surface area contributed by atoms with Crippen molar-refractivity contribution in [1.29, 1.82) is 0 Å². The van der Waals surface area contributed by atoms with Gasteiger partial charge in [0.2, 0.25) is 0 Å². The van der Waals surface area contributed by atoms with E-state index in [9.17, 15) is 0 Å². The number of fused-ring (bicyclic) bond motifs is 1. The molecule has 4 nitrogen and oxygen atoms in total. The van der Waals surface area contributed by atoms with Gasteiger partial charge in [-0.2, -0.15) is 5.10 Å². The number of benzene rings is 1. The fourth-order valence-corrected chi connectivity index (χ4v) is 2.55. The minimum Gasteiger partial charge on any atom is -0.303 e. The van der Waals surface area contributed by atoms with Crippen LogP contribution in [0.2, 0.25) is 0 Å². The lowest BCUT2D eigenvalue weighted by molar-refractivity contribution is 0.548. The second-order valence-electron chi connectivity index (χ2n) is 5.14. The van der Waals surface area contributed by atoms with Crippen LogP contribution in [0.1, 0.15) is 31.3 Å². The number of para-hydroxylation sites is 1. The third-order valence-corrected chi connectivity index (χ3v) is 3.74. The van der Waals surface area contributed by atoms with E-state index in [1.165, 1.54) is 10.9 Å². The molecule has 2 aromatic heterocycles. The molecule has 0 saturated heterocycles. The summed E-state index contributed by atoms with van der Waals surface area (Å²) in [7, 11) is 0. The standard InChI is InChI=1S/C17H20N4/c1-3-21-17-10-5-4-8-14(17)16(20-21)12-19-13(2)15-9-6-7-11-18-15/h4-11,13,19H,3,12H2,1-2H3. The van der Waals surface area contributed by atoms with Crippen molar-refractivity contribution in [2.24, 2.45) is 0 Å². The van der Waals surface area contributed by atoms with Crippen LogP contribution in [-0.4, -0.2) is 14.8 Å². The van der Waals surface area contributed by atoms with Gasteiger partial charge in [0.15, 0.2) is 0 Å². The van der Waals surface area contributed by atoms with Crippen molar-refractivity contribution in [1.82, 2.24) is 20.1 Å². The molecule has 3 aromatic rings. The first-order valence-corrected chi connectivity index (χ1v) is 7.38. The van der Waals surface area contributed by atoms with E-state index >= 15 is 0 Å². The zero-order valence-electron chi connectivity index (χ0n) is 12.5. The Balaban J connectivity index is 1.79.